The van der Waals surface area contributed by atoms with Crippen LogP contribution in [0.4, 0.5) is 0 Å². The summed E-state index contributed by atoms with van der Waals surface area (Å²) in [4.78, 5) is 0. The van der Waals surface area contributed by atoms with Gasteiger partial charge in [-0.3, -0.25) is 0 Å². The van der Waals surface area contributed by atoms with Gasteiger partial charge in [0, 0.05) is 0 Å². The van der Waals surface area contributed by atoms with Gasteiger partial charge in [-0.15, -0.1) is 6.58 Å². The van der Waals surface area contributed by atoms with Gasteiger partial charge in [0.05, 0.1) is 6.10 Å². The molecule has 1 atom stereocenters. The van der Waals surface area contributed by atoms with E-state index in [-0.39, 0.29) is 6.10 Å². The SMILES string of the molecule is C=CCC[C@@H](O)CCC. The Labute approximate surface area is 57.4 Å². The first-order chi connectivity index (χ1) is 4.31. The van der Waals surface area contributed by atoms with Gasteiger partial charge in [-0.2, -0.15) is 0 Å². The number of hydrogen-bond acceptors (Lipinski definition) is 1. The normalized spacial score (nSPS) is 13.1. The lowest BCUT2D eigenvalue weighted by molar-refractivity contribution is 0.155. The fraction of sp³-hybridized carbons (Fsp3) is 0.750. The van der Waals surface area contributed by atoms with Crippen LogP contribution < -0.4 is 0 Å². The lowest BCUT2D eigenvalue weighted by atomic mass is 10.1. The van der Waals surface area contributed by atoms with Crippen molar-refractivity contribution in [1.82, 2.24) is 0 Å². The maximum atomic E-state index is 9.13. The fourth-order valence-electron chi connectivity index (χ4n) is 0.788. The van der Waals surface area contributed by atoms with E-state index in [0.717, 1.165) is 25.7 Å². The molecule has 0 aliphatic rings. The van der Waals surface area contributed by atoms with Crippen LogP contribution in [0.25, 0.3) is 0 Å². The molecule has 0 aliphatic carbocycles. The molecule has 0 spiro atoms. The first-order valence-electron chi connectivity index (χ1n) is 3.60. The van der Waals surface area contributed by atoms with E-state index in [9.17, 15) is 0 Å². The molecule has 0 aliphatic heterocycles. The van der Waals surface area contributed by atoms with Crippen molar-refractivity contribution in [2.45, 2.75) is 38.7 Å². The Morgan fingerprint density at radius 2 is 2.22 bits per heavy atom. The van der Waals surface area contributed by atoms with Crippen molar-refractivity contribution in [2.75, 3.05) is 0 Å². The zero-order chi connectivity index (χ0) is 7.11. The molecule has 0 heterocycles. The van der Waals surface area contributed by atoms with Crippen LogP contribution in [0.3, 0.4) is 0 Å². The van der Waals surface area contributed by atoms with Crippen molar-refractivity contribution < 1.29 is 5.11 Å². The highest BCUT2D eigenvalue weighted by molar-refractivity contribution is 4.68. The maximum Gasteiger partial charge on any atom is 0.0543 e. The van der Waals surface area contributed by atoms with Crippen LogP contribution in [0.1, 0.15) is 32.6 Å². The summed E-state index contributed by atoms with van der Waals surface area (Å²) in [7, 11) is 0. The van der Waals surface area contributed by atoms with Gasteiger partial charge in [0.25, 0.3) is 0 Å². The Kier molecular flexibility index (Phi) is 5.64. The van der Waals surface area contributed by atoms with E-state index in [2.05, 4.69) is 13.5 Å². The summed E-state index contributed by atoms with van der Waals surface area (Å²) >= 11 is 0. The van der Waals surface area contributed by atoms with Gasteiger partial charge in [-0.05, 0) is 19.3 Å². The predicted molar refractivity (Wildman–Crippen MR) is 40.3 cm³/mol. The second-order valence-electron chi connectivity index (χ2n) is 2.31. The van der Waals surface area contributed by atoms with Crippen molar-refractivity contribution in [3.05, 3.63) is 12.7 Å². The number of allylic oxidation sites excluding steroid dienone is 1. The summed E-state index contributed by atoms with van der Waals surface area (Å²) in [6.07, 6.45) is 5.54. The van der Waals surface area contributed by atoms with Crippen molar-refractivity contribution in [3.63, 3.8) is 0 Å². The molecule has 0 aromatic carbocycles. The Morgan fingerprint density at radius 1 is 1.56 bits per heavy atom. The van der Waals surface area contributed by atoms with Gasteiger partial charge in [-0.1, -0.05) is 19.4 Å². The van der Waals surface area contributed by atoms with Crippen LogP contribution in [0.2, 0.25) is 0 Å². The molecular formula is C8H16O. The van der Waals surface area contributed by atoms with Crippen molar-refractivity contribution in [3.8, 4) is 0 Å². The van der Waals surface area contributed by atoms with Crippen LogP contribution in [0.15, 0.2) is 12.7 Å². The molecule has 0 radical (unpaired) electrons. The van der Waals surface area contributed by atoms with E-state index in [1.165, 1.54) is 0 Å². The second kappa shape index (κ2) is 5.83. The van der Waals surface area contributed by atoms with Gasteiger partial charge in [-0.25, -0.2) is 0 Å². The molecule has 0 aromatic heterocycles. The highest BCUT2D eigenvalue weighted by Crippen LogP contribution is 2.03. The molecule has 0 rings (SSSR count). The molecule has 0 amide bonds. The van der Waals surface area contributed by atoms with Crippen LogP contribution in [-0.4, -0.2) is 11.2 Å². The molecule has 1 heteroatoms. The standard InChI is InChI=1S/C8H16O/c1-3-5-7-8(9)6-4-2/h3,8-9H,1,4-7H2,2H3/t8-/m0/s1. The Morgan fingerprint density at radius 3 is 2.67 bits per heavy atom. The Bertz CT molecular complexity index is 69.0. The molecule has 0 unspecified atom stereocenters. The molecule has 0 bridgehead atoms. The number of hydrogen-bond donors (Lipinski definition) is 1. The smallest absolute Gasteiger partial charge is 0.0543 e. The third kappa shape index (κ3) is 5.57. The first-order valence-corrected chi connectivity index (χ1v) is 3.60. The van der Waals surface area contributed by atoms with Gasteiger partial charge < -0.3 is 5.11 Å². The summed E-state index contributed by atoms with van der Waals surface area (Å²) in [5.74, 6) is 0. The zero-order valence-electron chi connectivity index (χ0n) is 6.14. The third-order valence-electron chi connectivity index (χ3n) is 1.33. The summed E-state index contributed by atoms with van der Waals surface area (Å²) < 4.78 is 0. The monoisotopic (exact) mass is 128 g/mol. The predicted octanol–water partition coefficient (Wildman–Crippen LogP) is 2.11. The molecule has 1 nitrogen and oxygen atoms in total. The van der Waals surface area contributed by atoms with Gasteiger partial charge >= 0.3 is 0 Å². The average molecular weight is 128 g/mol. The summed E-state index contributed by atoms with van der Waals surface area (Å²) in [5, 5.41) is 9.13. The van der Waals surface area contributed by atoms with Gasteiger partial charge in [0.2, 0.25) is 0 Å². The van der Waals surface area contributed by atoms with E-state index in [1.807, 2.05) is 6.08 Å². The van der Waals surface area contributed by atoms with E-state index in [4.69, 9.17) is 5.11 Å². The van der Waals surface area contributed by atoms with E-state index < -0.39 is 0 Å². The van der Waals surface area contributed by atoms with Crippen LogP contribution in [0.5, 0.6) is 0 Å². The lowest BCUT2D eigenvalue weighted by Crippen LogP contribution is -2.03. The average Bonchev–Trinajstić information content (AvgIpc) is 1.85. The summed E-state index contributed by atoms with van der Waals surface area (Å²) in [5.41, 5.74) is 0. The van der Waals surface area contributed by atoms with Crippen LogP contribution in [0, 0.1) is 0 Å². The van der Waals surface area contributed by atoms with Gasteiger partial charge in [0.15, 0.2) is 0 Å². The fourth-order valence-corrected chi connectivity index (χ4v) is 0.788. The number of rotatable bonds is 5. The van der Waals surface area contributed by atoms with E-state index >= 15 is 0 Å². The first kappa shape index (κ1) is 8.70. The third-order valence-corrected chi connectivity index (χ3v) is 1.33. The quantitative estimate of drug-likeness (QED) is 0.562. The Hall–Kier alpha value is -0.300. The minimum Gasteiger partial charge on any atom is -0.393 e. The van der Waals surface area contributed by atoms with Crippen LogP contribution >= 0.6 is 0 Å². The van der Waals surface area contributed by atoms with Crippen molar-refractivity contribution >= 4 is 0 Å². The number of aliphatic hydroxyl groups excluding tert-OH is 1. The molecule has 9 heavy (non-hydrogen) atoms. The molecule has 0 aromatic rings. The molecule has 1 N–H and O–H groups in total. The van der Waals surface area contributed by atoms with E-state index in [0.29, 0.717) is 0 Å². The molecular weight excluding hydrogens is 112 g/mol. The minimum absolute atomic E-state index is 0.104. The van der Waals surface area contributed by atoms with Crippen molar-refractivity contribution in [2.24, 2.45) is 0 Å². The lowest BCUT2D eigenvalue weighted by Gasteiger charge is -2.05. The molecule has 0 saturated carbocycles. The number of aliphatic hydroxyl groups is 1. The van der Waals surface area contributed by atoms with Gasteiger partial charge in [0.1, 0.15) is 0 Å². The molecule has 0 fully saturated rings. The highest BCUT2D eigenvalue weighted by Gasteiger charge is 1.98. The Balaban J connectivity index is 3.04. The largest absolute Gasteiger partial charge is 0.393 e. The maximum absolute atomic E-state index is 9.13. The van der Waals surface area contributed by atoms with E-state index in [1.54, 1.807) is 0 Å². The molecule has 54 valence electrons. The van der Waals surface area contributed by atoms with Crippen LogP contribution in [-0.2, 0) is 0 Å². The zero-order valence-corrected chi connectivity index (χ0v) is 6.14. The second-order valence-corrected chi connectivity index (χ2v) is 2.31. The summed E-state index contributed by atoms with van der Waals surface area (Å²) in [6.45, 7) is 5.66. The van der Waals surface area contributed by atoms with Crippen molar-refractivity contribution in [1.29, 1.82) is 0 Å². The highest BCUT2D eigenvalue weighted by atomic mass is 16.3. The molecule has 0 saturated heterocycles. The topological polar surface area (TPSA) is 20.2 Å². The summed E-state index contributed by atoms with van der Waals surface area (Å²) in [6, 6.07) is 0. The minimum atomic E-state index is -0.104.